The van der Waals surface area contributed by atoms with Gasteiger partial charge in [0.25, 0.3) is 5.91 Å². The largest absolute Gasteiger partial charge is 0.481 e. The van der Waals surface area contributed by atoms with E-state index in [9.17, 15) is 9.59 Å². The van der Waals surface area contributed by atoms with Crippen LogP contribution in [0.2, 0.25) is 0 Å². The first-order chi connectivity index (χ1) is 12.2. The highest BCUT2D eigenvalue weighted by atomic mass is 32.1. The quantitative estimate of drug-likeness (QED) is 0.680. The number of nitrogens with zero attached hydrogens (tertiary/aromatic N) is 1. The third-order valence-corrected chi connectivity index (χ3v) is 4.26. The van der Waals surface area contributed by atoms with Crippen LogP contribution >= 0.6 is 11.3 Å². The number of aromatic nitrogens is 1. The van der Waals surface area contributed by atoms with Crippen LogP contribution < -0.4 is 10.1 Å². The molecule has 1 unspecified atom stereocenters. The lowest BCUT2D eigenvalue weighted by molar-refractivity contribution is -0.122. The average molecular weight is 352 g/mol. The molecule has 25 heavy (non-hydrogen) atoms. The van der Waals surface area contributed by atoms with Gasteiger partial charge in [0.1, 0.15) is 12.0 Å². The Kier molecular flexibility index (Phi) is 5.20. The van der Waals surface area contributed by atoms with E-state index in [2.05, 4.69) is 10.3 Å². The molecule has 2 aromatic carbocycles. The normalized spacial score (nSPS) is 11.6. The zero-order chi connectivity index (χ0) is 17.6. The Morgan fingerprint density at radius 3 is 2.56 bits per heavy atom. The Morgan fingerprint density at radius 2 is 1.88 bits per heavy atom. The monoisotopic (exact) mass is 352 g/mol. The molecule has 1 heterocycles. The molecule has 0 fully saturated rings. The molecular formula is C19H16N2O3S. The number of nitrogens with one attached hydrogen (secondary N) is 1. The smallest absolute Gasteiger partial charge is 0.266 e. The molecule has 0 bridgehead atoms. The van der Waals surface area contributed by atoms with Gasteiger partial charge in [-0.2, -0.15) is 0 Å². The summed E-state index contributed by atoms with van der Waals surface area (Å²) in [6.07, 6.45) is 0.0679. The topological polar surface area (TPSA) is 68.3 Å². The second-order valence-electron chi connectivity index (χ2n) is 5.34. The van der Waals surface area contributed by atoms with Crippen molar-refractivity contribution in [3.05, 3.63) is 65.5 Å². The highest BCUT2D eigenvalue weighted by molar-refractivity contribution is 7.14. The highest BCUT2D eigenvalue weighted by Crippen LogP contribution is 2.24. The molecule has 6 heteroatoms. The van der Waals surface area contributed by atoms with E-state index in [0.717, 1.165) is 17.5 Å². The van der Waals surface area contributed by atoms with Crippen molar-refractivity contribution < 1.29 is 14.3 Å². The van der Waals surface area contributed by atoms with Gasteiger partial charge in [-0.25, -0.2) is 4.98 Å². The fourth-order valence-electron chi connectivity index (χ4n) is 2.16. The number of benzene rings is 2. The predicted molar refractivity (Wildman–Crippen MR) is 98.1 cm³/mol. The van der Waals surface area contributed by atoms with Gasteiger partial charge in [-0.3, -0.25) is 14.9 Å². The average Bonchev–Trinajstić information content (AvgIpc) is 3.11. The molecule has 3 rings (SSSR count). The summed E-state index contributed by atoms with van der Waals surface area (Å²) in [5.74, 6) is 0.241. The van der Waals surface area contributed by atoms with E-state index in [-0.39, 0.29) is 5.91 Å². The van der Waals surface area contributed by atoms with Crippen LogP contribution in [0.15, 0.2) is 60.0 Å². The lowest BCUT2D eigenvalue weighted by atomic mass is 10.2. The first kappa shape index (κ1) is 16.9. The molecular weight excluding hydrogens is 336 g/mol. The molecule has 0 saturated carbocycles. The number of hydrogen-bond acceptors (Lipinski definition) is 5. The number of hydrogen-bond donors (Lipinski definition) is 1. The fourth-order valence-corrected chi connectivity index (χ4v) is 2.88. The number of amides is 1. The molecule has 0 aliphatic carbocycles. The van der Waals surface area contributed by atoms with Gasteiger partial charge in [-0.1, -0.05) is 30.3 Å². The SMILES string of the molecule is CC(Oc1ccc(C=O)cc1)C(=O)Nc1nc(-c2ccccc2)cs1. The Labute approximate surface area is 149 Å². The number of carbonyl (C=O) groups excluding carboxylic acids is 2. The number of carbonyl (C=O) groups is 2. The van der Waals surface area contributed by atoms with Gasteiger partial charge < -0.3 is 4.74 Å². The molecule has 0 radical (unpaired) electrons. The Bertz CT molecular complexity index is 860. The molecule has 0 aliphatic rings. The van der Waals surface area contributed by atoms with Gasteiger partial charge in [-0.05, 0) is 31.2 Å². The minimum atomic E-state index is -0.689. The van der Waals surface area contributed by atoms with Crippen molar-refractivity contribution in [3.63, 3.8) is 0 Å². The van der Waals surface area contributed by atoms with Gasteiger partial charge in [0, 0.05) is 16.5 Å². The zero-order valence-electron chi connectivity index (χ0n) is 13.5. The first-order valence-corrected chi connectivity index (χ1v) is 8.57. The predicted octanol–water partition coefficient (Wildman–Crippen LogP) is 4.03. The van der Waals surface area contributed by atoms with Gasteiger partial charge in [-0.15, -0.1) is 11.3 Å². The first-order valence-electron chi connectivity index (χ1n) is 7.69. The van der Waals surface area contributed by atoms with Crippen molar-refractivity contribution in [3.8, 4) is 17.0 Å². The fraction of sp³-hybridized carbons (Fsp3) is 0.105. The van der Waals surface area contributed by atoms with E-state index in [1.165, 1.54) is 11.3 Å². The summed E-state index contributed by atoms with van der Waals surface area (Å²) in [5, 5.41) is 5.18. The molecule has 1 aromatic heterocycles. The van der Waals surface area contributed by atoms with Gasteiger partial charge in [0.15, 0.2) is 11.2 Å². The Hall–Kier alpha value is -2.99. The van der Waals surface area contributed by atoms with Crippen molar-refractivity contribution >= 4 is 28.7 Å². The number of anilines is 1. The van der Waals surface area contributed by atoms with E-state index in [1.54, 1.807) is 31.2 Å². The van der Waals surface area contributed by atoms with Crippen LogP contribution in [0.1, 0.15) is 17.3 Å². The number of aldehydes is 1. The number of ether oxygens (including phenoxy) is 1. The molecule has 5 nitrogen and oxygen atoms in total. The summed E-state index contributed by atoms with van der Waals surface area (Å²) >= 11 is 1.36. The molecule has 0 aliphatic heterocycles. The Morgan fingerprint density at radius 1 is 1.16 bits per heavy atom. The summed E-state index contributed by atoms with van der Waals surface area (Å²) in [4.78, 5) is 27.3. The van der Waals surface area contributed by atoms with Crippen LogP contribution in [0.3, 0.4) is 0 Å². The van der Waals surface area contributed by atoms with Crippen LogP contribution in [0.4, 0.5) is 5.13 Å². The van der Waals surface area contributed by atoms with E-state index < -0.39 is 6.10 Å². The van der Waals surface area contributed by atoms with Gasteiger partial charge in [0.05, 0.1) is 5.69 Å². The van der Waals surface area contributed by atoms with E-state index in [0.29, 0.717) is 16.4 Å². The maximum absolute atomic E-state index is 12.3. The highest BCUT2D eigenvalue weighted by Gasteiger charge is 2.16. The minimum Gasteiger partial charge on any atom is -0.481 e. The van der Waals surface area contributed by atoms with E-state index >= 15 is 0 Å². The van der Waals surface area contributed by atoms with Crippen molar-refractivity contribution in [1.29, 1.82) is 0 Å². The lowest BCUT2D eigenvalue weighted by Crippen LogP contribution is -2.30. The van der Waals surface area contributed by atoms with Gasteiger partial charge >= 0.3 is 0 Å². The van der Waals surface area contributed by atoms with Crippen LogP contribution in [0.25, 0.3) is 11.3 Å². The van der Waals surface area contributed by atoms with E-state index in [1.807, 2.05) is 35.7 Å². The Balaban J connectivity index is 1.61. The summed E-state index contributed by atoms with van der Waals surface area (Å²) in [7, 11) is 0. The van der Waals surface area contributed by atoms with Gasteiger partial charge in [0.2, 0.25) is 0 Å². The second kappa shape index (κ2) is 7.72. The standard InChI is InChI=1S/C19H16N2O3S/c1-13(24-16-9-7-14(11-22)8-10-16)18(23)21-19-20-17(12-25-19)15-5-3-2-4-6-15/h2-13H,1H3,(H,20,21,23). The van der Waals surface area contributed by atoms with E-state index in [4.69, 9.17) is 4.74 Å². The summed E-state index contributed by atoms with van der Waals surface area (Å²) in [6, 6.07) is 16.4. The molecule has 1 N–H and O–H groups in total. The summed E-state index contributed by atoms with van der Waals surface area (Å²) in [5.41, 5.74) is 2.37. The molecule has 1 amide bonds. The van der Waals surface area contributed by atoms with Crippen molar-refractivity contribution in [2.75, 3.05) is 5.32 Å². The molecule has 1 atom stereocenters. The molecule has 126 valence electrons. The number of thiazole rings is 1. The maximum Gasteiger partial charge on any atom is 0.266 e. The zero-order valence-corrected chi connectivity index (χ0v) is 14.3. The van der Waals surface area contributed by atoms with Crippen molar-refractivity contribution in [1.82, 2.24) is 4.98 Å². The van der Waals surface area contributed by atoms with Crippen LogP contribution in [-0.4, -0.2) is 23.3 Å². The molecule has 0 saturated heterocycles. The maximum atomic E-state index is 12.3. The van der Waals surface area contributed by atoms with Crippen LogP contribution in [0.5, 0.6) is 5.75 Å². The molecule has 0 spiro atoms. The number of rotatable bonds is 6. The lowest BCUT2D eigenvalue weighted by Gasteiger charge is -2.13. The molecule has 3 aromatic rings. The second-order valence-corrected chi connectivity index (χ2v) is 6.20. The van der Waals surface area contributed by atoms with Crippen molar-refractivity contribution in [2.45, 2.75) is 13.0 Å². The minimum absolute atomic E-state index is 0.284. The third-order valence-electron chi connectivity index (χ3n) is 3.50. The van der Waals surface area contributed by atoms with Crippen molar-refractivity contribution in [2.24, 2.45) is 0 Å². The third kappa shape index (κ3) is 4.30. The van der Waals surface area contributed by atoms with Crippen LogP contribution in [-0.2, 0) is 4.79 Å². The summed E-state index contributed by atoms with van der Waals surface area (Å²) < 4.78 is 5.59. The van der Waals surface area contributed by atoms with Crippen LogP contribution in [0, 0.1) is 0 Å². The summed E-state index contributed by atoms with van der Waals surface area (Å²) in [6.45, 7) is 1.66.